The minimum atomic E-state index is -3.55. The summed E-state index contributed by atoms with van der Waals surface area (Å²) in [7, 11) is -1.94. The monoisotopic (exact) mass is 332 g/mol. The fraction of sp³-hybridized carbons (Fsp3) is 0.294. The number of hydrogen-bond donors (Lipinski definition) is 1. The summed E-state index contributed by atoms with van der Waals surface area (Å²) >= 11 is 0. The highest BCUT2D eigenvalue weighted by Gasteiger charge is 2.35. The molecule has 6 heteroatoms. The molecule has 1 heterocycles. The second-order valence-electron chi connectivity index (χ2n) is 5.39. The van der Waals surface area contributed by atoms with Crippen LogP contribution in [0.25, 0.3) is 0 Å². The Balaban J connectivity index is 2.03. The molecule has 0 spiro atoms. The van der Waals surface area contributed by atoms with E-state index in [-0.39, 0.29) is 6.04 Å². The molecular formula is C17H20N2O3S. The van der Waals surface area contributed by atoms with E-state index in [0.29, 0.717) is 30.3 Å². The van der Waals surface area contributed by atoms with Gasteiger partial charge in [-0.15, -0.1) is 0 Å². The van der Waals surface area contributed by atoms with Crippen LogP contribution in [-0.2, 0) is 10.0 Å². The van der Waals surface area contributed by atoms with E-state index < -0.39 is 10.0 Å². The summed E-state index contributed by atoms with van der Waals surface area (Å²) in [6.45, 7) is 1.63. The van der Waals surface area contributed by atoms with Crippen molar-refractivity contribution in [1.82, 2.24) is 9.62 Å². The number of para-hydroxylation sites is 1. The van der Waals surface area contributed by atoms with Crippen molar-refractivity contribution >= 4 is 10.0 Å². The molecule has 1 N–H and O–H groups in total. The molecular weight excluding hydrogens is 312 g/mol. The third-order valence-corrected chi connectivity index (χ3v) is 5.96. The number of ether oxygens (including phenoxy) is 1. The smallest absolute Gasteiger partial charge is 0.243 e. The molecule has 5 nitrogen and oxygen atoms in total. The number of piperazine rings is 1. The molecule has 0 unspecified atom stereocenters. The summed E-state index contributed by atoms with van der Waals surface area (Å²) in [6.07, 6.45) is 0. The first-order valence-corrected chi connectivity index (χ1v) is 8.99. The van der Waals surface area contributed by atoms with Gasteiger partial charge in [0.1, 0.15) is 5.75 Å². The first-order chi connectivity index (χ1) is 11.1. The lowest BCUT2D eigenvalue weighted by molar-refractivity contribution is 0.264. The Bertz CT molecular complexity index is 762. The number of nitrogens with zero attached hydrogens (tertiary/aromatic N) is 1. The average Bonchev–Trinajstić information content (AvgIpc) is 2.62. The highest BCUT2D eigenvalue weighted by molar-refractivity contribution is 7.89. The van der Waals surface area contributed by atoms with Gasteiger partial charge in [0, 0.05) is 25.2 Å². The largest absolute Gasteiger partial charge is 0.496 e. The molecule has 1 fully saturated rings. The molecule has 23 heavy (non-hydrogen) atoms. The van der Waals surface area contributed by atoms with Gasteiger partial charge in [-0.25, -0.2) is 8.42 Å². The summed E-state index contributed by atoms with van der Waals surface area (Å²) in [5.41, 5.74) is 0.877. The van der Waals surface area contributed by atoms with Crippen LogP contribution >= 0.6 is 0 Å². The van der Waals surface area contributed by atoms with Crippen LogP contribution in [-0.4, -0.2) is 39.5 Å². The summed E-state index contributed by atoms with van der Waals surface area (Å²) < 4.78 is 33.0. The Labute approximate surface area is 136 Å². The van der Waals surface area contributed by atoms with Crippen molar-refractivity contribution in [2.45, 2.75) is 10.9 Å². The van der Waals surface area contributed by atoms with Crippen molar-refractivity contribution in [3.05, 3.63) is 60.2 Å². The number of sulfonamides is 1. The average molecular weight is 332 g/mol. The molecule has 2 aromatic carbocycles. The minimum absolute atomic E-state index is 0.287. The van der Waals surface area contributed by atoms with Crippen LogP contribution in [0.15, 0.2) is 59.5 Å². The Morgan fingerprint density at radius 1 is 1.09 bits per heavy atom. The van der Waals surface area contributed by atoms with E-state index in [1.54, 1.807) is 35.7 Å². The Morgan fingerprint density at radius 2 is 1.78 bits per heavy atom. The maximum atomic E-state index is 13.0. The Hall–Kier alpha value is -1.89. The van der Waals surface area contributed by atoms with Gasteiger partial charge in [0.05, 0.1) is 18.0 Å². The normalized spacial score (nSPS) is 19.4. The van der Waals surface area contributed by atoms with E-state index in [0.717, 1.165) is 5.56 Å². The van der Waals surface area contributed by atoms with E-state index in [1.165, 1.54) is 0 Å². The molecule has 2 aromatic rings. The molecule has 1 aliphatic heterocycles. The quantitative estimate of drug-likeness (QED) is 0.931. The lowest BCUT2D eigenvalue weighted by Crippen LogP contribution is -2.48. The first-order valence-electron chi connectivity index (χ1n) is 7.55. The number of rotatable bonds is 4. The van der Waals surface area contributed by atoms with E-state index >= 15 is 0 Å². The first kappa shape index (κ1) is 16.0. The molecule has 1 saturated heterocycles. The molecule has 0 radical (unpaired) electrons. The van der Waals surface area contributed by atoms with Crippen LogP contribution in [0.1, 0.15) is 11.6 Å². The molecule has 0 aromatic heterocycles. The van der Waals surface area contributed by atoms with Crippen molar-refractivity contribution in [2.24, 2.45) is 0 Å². The van der Waals surface area contributed by atoms with E-state index in [9.17, 15) is 8.42 Å². The number of benzene rings is 2. The topological polar surface area (TPSA) is 58.6 Å². The van der Waals surface area contributed by atoms with Gasteiger partial charge in [-0.2, -0.15) is 4.31 Å². The maximum absolute atomic E-state index is 13.0. The van der Waals surface area contributed by atoms with Gasteiger partial charge in [0.2, 0.25) is 10.0 Å². The third kappa shape index (κ3) is 3.10. The predicted octanol–water partition coefficient (Wildman–Crippen LogP) is 2.03. The molecule has 1 aliphatic rings. The standard InChI is InChI=1S/C17H20N2O3S/c1-22-17-10-6-5-9-15(17)16-13-18-11-12-19(16)23(20,21)14-7-3-2-4-8-14/h2-10,16,18H,11-13H2,1H3/t16-/m0/s1. The number of hydrogen-bond acceptors (Lipinski definition) is 4. The van der Waals surface area contributed by atoms with E-state index in [4.69, 9.17) is 4.74 Å². The molecule has 122 valence electrons. The summed E-state index contributed by atoms with van der Waals surface area (Å²) in [5, 5.41) is 3.28. The van der Waals surface area contributed by atoms with E-state index in [1.807, 2.05) is 30.3 Å². The van der Waals surface area contributed by atoms with Gasteiger partial charge < -0.3 is 10.1 Å². The molecule has 1 atom stereocenters. The molecule has 0 saturated carbocycles. The predicted molar refractivity (Wildman–Crippen MR) is 88.9 cm³/mol. The van der Waals surface area contributed by atoms with E-state index in [2.05, 4.69) is 5.32 Å². The molecule has 0 aliphatic carbocycles. The van der Waals surface area contributed by atoms with Crippen molar-refractivity contribution in [3.63, 3.8) is 0 Å². The van der Waals surface area contributed by atoms with Crippen molar-refractivity contribution in [2.75, 3.05) is 26.7 Å². The second-order valence-corrected chi connectivity index (χ2v) is 7.28. The van der Waals surface area contributed by atoms with Crippen molar-refractivity contribution in [3.8, 4) is 5.75 Å². The van der Waals surface area contributed by atoms with Crippen LogP contribution in [0.4, 0.5) is 0 Å². The van der Waals surface area contributed by atoms with Crippen LogP contribution in [0.5, 0.6) is 5.75 Å². The minimum Gasteiger partial charge on any atom is -0.496 e. The summed E-state index contributed by atoms with van der Waals surface area (Å²) in [6, 6.07) is 15.8. The highest BCUT2D eigenvalue weighted by Crippen LogP contribution is 2.33. The van der Waals surface area contributed by atoms with Crippen LogP contribution < -0.4 is 10.1 Å². The Kier molecular flexibility index (Phi) is 4.66. The zero-order valence-corrected chi connectivity index (χ0v) is 13.8. The lowest BCUT2D eigenvalue weighted by atomic mass is 10.0. The van der Waals surface area contributed by atoms with Crippen molar-refractivity contribution in [1.29, 1.82) is 0 Å². The highest BCUT2D eigenvalue weighted by atomic mass is 32.2. The Morgan fingerprint density at radius 3 is 2.52 bits per heavy atom. The van der Waals surface area contributed by atoms with Gasteiger partial charge in [0.25, 0.3) is 0 Å². The van der Waals surface area contributed by atoms with Crippen LogP contribution in [0.2, 0.25) is 0 Å². The van der Waals surface area contributed by atoms with Crippen LogP contribution in [0, 0.1) is 0 Å². The number of methoxy groups -OCH3 is 1. The van der Waals surface area contributed by atoms with Crippen LogP contribution in [0.3, 0.4) is 0 Å². The molecule has 0 bridgehead atoms. The van der Waals surface area contributed by atoms with Gasteiger partial charge in [-0.1, -0.05) is 36.4 Å². The van der Waals surface area contributed by atoms with Gasteiger partial charge in [-0.05, 0) is 18.2 Å². The van der Waals surface area contributed by atoms with Gasteiger partial charge in [0.15, 0.2) is 0 Å². The zero-order chi connectivity index (χ0) is 16.3. The fourth-order valence-electron chi connectivity index (χ4n) is 2.91. The lowest BCUT2D eigenvalue weighted by Gasteiger charge is -2.36. The van der Waals surface area contributed by atoms with Gasteiger partial charge >= 0.3 is 0 Å². The van der Waals surface area contributed by atoms with Crippen molar-refractivity contribution < 1.29 is 13.2 Å². The zero-order valence-electron chi connectivity index (χ0n) is 13.0. The third-order valence-electron chi connectivity index (χ3n) is 4.04. The second kappa shape index (κ2) is 6.70. The molecule has 0 amide bonds. The molecule has 3 rings (SSSR count). The maximum Gasteiger partial charge on any atom is 0.243 e. The number of nitrogens with one attached hydrogen (secondary N) is 1. The van der Waals surface area contributed by atoms with Gasteiger partial charge in [-0.3, -0.25) is 0 Å². The fourth-order valence-corrected chi connectivity index (χ4v) is 4.53. The summed E-state index contributed by atoms with van der Waals surface area (Å²) in [5.74, 6) is 0.703. The SMILES string of the molecule is COc1ccccc1[C@@H]1CNCCN1S(=O)(=O)c1ccccc1. The summed E-state index contributed by atoms with van der Waals surface area (Å²) in [4.78, 5) is 0.321.